The highest BCUT2D eigenvalue weighted by Crippen LogP contribution is 2.26. The zero-order valence-corrected chi connectivity index (χ0v) is 14.9. The summed E-state index contributed by atoms with van der Waals surface area (Å²) in [7, 11) is 1.13. The van der Waals surface area contributed by atoms with E-state index in [1.165, 1.54) is 26.4 Å². The molecule has 1 atom stereocenters. The molecule has 0 saturated heterocycles. The van der Waals surface area contributed by atoms with E-state index in [-0.39, 0.29) is 10.8 Å². The third-order valence-corrected chi connectivity index (χ3v) is 5.64. The SMILES string of the molecule is CN(C)S(=O)(=O)c1cc(-c2nc(C(N)c3ccccc3)no2)n(C)c1. The predicted molar refractivity (Wildman–Crippen MR) is 92.1 cm³/mol. The first-order valence-electron chi connectivity index (χ1n) is 7.54. The van der Waals surface area contributed by atoms with Crippen LogP contribution in [0.3, 0.4) is 0 Å². The molecule has 0 saturated carbocycles. The number of sulfonamides is 1. The first kappa shape index (κ1) is 17.3. The van der Waals surface area contributed by atoms with Gasteiger partial charge in [0, 0.05) is 27.3 Å². The standard InChI is InChI=1S/C16H19N5O3S/c1-20(2)25(22,23)12-9-13(21(3)10-12)16-18-15(19-24-16)14(17)11-7-5-4-6-8-11/h4-10,14H,17H2,1-3H3. The number of benzene rings is 1. The van der Waals surface area contributed by atoms with Crippen molar-refractivity contribution >= 4 is 10.0 Å². The molecule has 25 heavy (non-hydrogen) atoms. The van der Waals surface area contributed by atoms with Crippen molar-refractivity contribution in [3.8, 4) is 11.6 Å². The van der Waals surface area contributed by atoms with Crippen LogP contribution in [0.1, 0.15) is 17.4 Å². The normalized spacial score (nSPS) is 13.3. The number of hydrogen-bond acceptors (Lipinski definition) is 6. The fourth-order valence-corrected chi connectivity index (χ4v) is 3.35. The van der Waals surface area contributed by atoms with Crippen LogP contribution >= 0.6 is 0 Å². The maximum Gasteiger partial charge on any atom is 0.274 e. The van der Waals surface area contributed by atoms with Gasteiger partial charge < -0.3 is 14.8 Å². The molecule has 1 unspecified atom stereocenters. The Morgan fingerprint density at radius 3 is 2.56 bits per heavy atom. The molecule has 0 fully saturated rings. The van der Waals surface area contributed by atoms with Crippen LogP contribution in [0.5, 0.6) is 0 Å². The van der Waals surface area contributed by atoms with Crippen LogP contribution in [0, 0.1) is 0 Å². The Morgan fingerprint density at radius 2 is 1.92 bits per heavy atom. The van der Waals surface area contributed by atoms with Gasteiger partial charge >= 0.3 is 0 Å². The highest BCUT2D eigenvalue weighted by atomic mass is 32.2. The molecule has 2 N–H and O–H groups in total. The van der Waals surface area contributed by atoms with E-state index in [0.717, 1.165) is 9.87 Å². The quantitative estimate of drug-likeness (QED) is 0.735. The zero-order valence-electron chi connectivity index (χ0n) is 14.1. The average Bonchev–Trinajstić information content (AvgIpc) is 3.21. The van der Waals surface area contributed by atoms with Gasteiger partial charge in [-0.15, -0.1) is 0 Å². The molecule has 0 aliphatic heterocycles. The van der Waals surface area contributed by atoms with Gasteiger partial charge in [0.2, 0.25) is 10.0 Å². The van der Waals surface area contributed by atoms with Gasteiger partial charge in [0.15, 0.2) is 5.82 Å². The molecule has 0 aliphatic rings. The summed E-state index contributed by atoms with van der Waals surface area (Å²) in [5.74, 6) is 0.545. The number of aromatic nitrogens is 3. The molecule has 0 radical (unpaired) electrons. The van der Waals surface area contributed by atoms with E-state index in [4.69, 9.17) is 10.3 Å². The van der Waals surface area contributed by atoms with Crippen LogP contribution in [0.15, 0.2) is 52.0 Å². The van der Waals surface area contributed by atoms with E-state index in [2.05, 4.69) is 10.1 Å². The topological polar surface area (TPSA) is 107 Å². The Labute approximate surface area is 145 Å². The maximum absolute atomic E-state index is 12.3. The number of rotatable bonds is 5. The Morgan fingerprint density at radius 1 is 1.24 bits per heavy atom. The van der Waals surface area contributed by atoms with Crippen molar-refractivity contribution in [2.75, 3.05) is 14.1 Å². The monoisotopic (exact) mass is 361 g/mol. The number of nitrogens with two attached hydrogens (primary N) is 1. The summed E-state index contributed by atoms with van der Waals surface area (Å²) in [5, 5.41) is 3.93. The van der Waals surface area contributed by atoms with Gasteiger partial charge in [0.1, 0.15) is 10.6 Å². The van der Waals surface area contributed by atoms with Crippen molar-refractivity contribution in [3.63, 3.8) is 0 Å². The molecule has 9 heteroatoms. The predicted octanol–water partition coefficient (Wildman–Crippen LogP) is 1.37. The molecule has 0 spiro atoms. The molecule has 2 aromatic heterocycles. The lowest BCUT2D eigenvalue weighted by atomic mass is 10.1. The van der Waals surface area contributed by atoms with Crippen molar-refractivity contribution in [3.05, 3.63) is 54.0 Å². The van der Waals surface area contributed by atoms with Crippen molar-refractivity contribution in [1.29, 1.82) is 0 Å². The van der Waals surface area contributed by atoms with Gasteiger partial charge in [-0.3, -0.25) is 0 Å². The highest BCUT2D eigenvalue weighted by molar-refractivity contribution is 7.89. The van der Waals surface area contributed by atoms with Crippen LogP contribution in [0.25, 0.3) is 11.6 Å². The van der Waals surface area contributed by atoms with Gasteiger partial charge in [-0.25, -0.2) is 12.7 Å². The molecule has 0 bridgehead atoms. The van der Waals surface area contributed by atoms with Crippen molar-refractivity contribution in [1.82, 2.24) is 19.0 Å². The van der Waals surface area contributed by atoms with Gasteiger partial charge in [0.05, 0.1) is 6.04 Å². The molecule has 3 rings (SSSR count). The van der Waals surface area contributed by atoms with Crippen LogP contribution in [0.2, 0.25) is 0 Å². The van der Waals surface area contributed by atoms with Crippen LogP contribution in [0.4, 0.5) is 0 Å². The molecule has 132 valence electrons. The summed E-state index contributed by atoms with van der Waals surface area (Å²) in [5.41, 5.74) is 7.52. The highest BCUT2D eigenvalue weighted by Gasteiger charge is 2.24. The fraction of sp³-hybridized carbons (Fsp3) is 0.250. The Balaban J connectivity index is 1.95. The van der Waals surface area contributed by atoms with E-state index in [0.29, 0.717) is 11.5 Å². The minimum atomic E-state index is -3.54. The fourth-order valence-electron chi connectivity index (χ4n) is 2.37. The number of nitrogens with zero attached hydrogens (tertiary/aromatic N) is 4. The summed E-state index contributed by atoms with van der Waals surface area (Å²) < 4.78 is 32.6. The number of hydrogen-bond donors (Lipinski definition) is 1. The second kappa shape index (κ2) is 6.43. The average molecular weight is 361 g/mol. The van der Waals surface area contributed by atoms with Crippen molar-refractivity contribution in [2.45, 2.75) is 10.9 Å². The number of aryl methyl sites for hydroxylation is 1. The summed E-state index contributed by atoms with van der Waals surface area (Å²) in [6, 6.07) is 10.4. The first-order valence-corrected chi connectivity index (χ1v) is 8.98. The van der Waals surface area contributed by atoms with Crippen LogP contribution < -0.4 is 5.73 Å². The second-order valence-electron chi connectivity index (χ2n) is 5.81. The molecule has 8 nitrogen and oxygen atoms in total. The minimum absolute atomic E-state index is 0.155. The van der Waals surface area contributed by atoms with Crippen LogP contribution in [-0.2, 0) is 17.1 Å². The Kier molecular flexibility index (Phi) is 4.46. The summed E-state index contributed by atoms with van der Waals surface area (Å²) in [6.07, 6.45) is 1.51. The molecular formula is C16H19N5O3S. The molecular weight excluding hydrogens is 342 g/mol. The van der Waals surface area contributed by atoms with Crippen LogP contribution in [-0.4, -0.2) is 41.5 Å². The lowest BCUT2D eigenvalue weighted by molar-refractivity contribution is 0.417. The van der Waals surface area contributed by atoms with E-state index in [1.54, 1.807) is 11.6 Å². The molecule has 0 amide bonds. The Hall–Kier alpha value is -2.49. The third kappa shape index (κ3) is 3.21. The molecule has 1 aromatic carbocycles. The Bertz CT molecular complexity index is 976. The maximum atomic E-state index is 12.3. The zero-order chi connectivity index (χ0) is 18.2. The molecule has 0 aliphatic carbocycles. The van der Waals surface area contributed by atoms with Gasteiger partial charge in [-0.2, -0.15) is 4.98 Å². The first-order chi connectivity index (χ1) is 11.8. The minimum Gasteiger partial charge on any atom is -0.345 e. The summed E-state index contributed by atoms with van der Waals surface area (Å²) in [6.45, 7) is 0. The van der Waals surface area contributed by atoms with Crippen molar-refractivity contribution < 1.29 is 12.9 Å². The third-order valence-electron chi connectivity index (χ3n) is 3.86. The van der Waals surface area contributed by atoms with Gasteiger partial charge in [-0.05, 0) is 11.6 Å². The van der Waals surface area contributed by atoms with E-state index < -0.39 is 16.1 Å². The van der Waals surface area contributed by atoms with E-state index >= 15 is 0 Å². The van der Waals surface area contributed by atoms with E-state index in [1.807, 2.05) is 30.3 Å². The largest absolute Gasteiger partial charge is 0.345 e. The smallest absolute Gasteiger partial charge is 0.274 e. The second-order valence-corrected chi connectivity index (χ2v) is 7.96. The lowest BCUT2D eigenvalue weighted by Crippen LogP contribution is -2.21. The van der Waals surface area contributed by atoms with Crippen molar-refractivity contribution in [2.24, 2.45) is 12.8 Å². The van der Waals surface area contributed by atoms with Gasteiger partial charge in [-0.1, -0.05) is 35.5 Å². The summed E-state index contributed by atoms with van der Waals surface area (Å²) in [4.78, 5) is 4.48. The van der Waals surface area contributed by atoms with E-state index in [9.17, 15) is 8.42 Å². The van der Waals surface area contributed by atoms with Gasteiger partial charge in [0.25, 0.3) is 5.89 Å². The summed E-state index contributed by atoms with van der Waals surface area (Å²) >= 11 is 0. The molecule has 3 aromatic rings. The molecule has 2 heterocycles. The lowest BCUT2D eigenvalue weighted by Gasteiger charge is -2.08.